The molecule has 0 unspecified atom stereocenters. The minimum Gasteiger partial charge on any atom is -0.497 e. The van der Waals surface area contributed by atoms with Gasteiger partial charge in [0.1, 0.15) is 5.75 Å². The van der Waals surface area contributed by atoms with Crippen molar-refractivity contribution in [1.29, 1.82) is 0 Å². The molecule has 0 aliphatic heterocycles. The molecule has 12 heavy (non-hydrogen) atoms. The van der Waals surface area contributed by atoms with Gasteiger partial charge in [-0.1, -0.05) is 0 Å². The number of rotatable bonds is 3. The number of nitrogens with zero attached hydrogens (tertiary/aromatic N) is 1. The number of ether oxygens (including phenoxy) is 2. The summed E-state index contributed by atoms with van der Waals surface area (Å²) in [6.07, 6.45) is 0. The Hall–Kier alpha value is -1.58. The van der Waals surface area contributed by atoms with Crippen LogP contribution in [-0.4, -0.2) is 14.2 Å². The van der Waals surface area contributed by atoms with Gasteiger partial charge in [-0.3, -0.25) is 0 Å². The molecule has 0 radical (unpaired) electrons. The normalized spacial score (nSPS) is 9.17. The monoisotopic (exact) mass is 167 g/mol. The van der Waals surface area contributed by atoms with Crippen LogP contribution in [0, 0.1) is 0 Å². The summed E-state index contributed by atoms with van der Waals surface area (Å²) in [5.41, 5.74) is 5.72. The van der Waals surface area contributed by atoms with Crippen molar-refractivity contribution in [3.63, 3.8) is 0 Å². The Morgan fingerprint density at radius 3 is 2.50 bits per heavy atom. The second-order valence-corrected chi connectivity index (χ2v) is 2.17. The summed E-state index contributed by atoms with van der Waals surface area (Å²) in [7, 11) is 3.15. The second-order valence-electron chi connectivity index (χ2n) is 2.17. The van der Waals surface area contributed by atoms with Crippen molar-refractivity contribution in [3.05, 3.63) is 18.2 Å². The van der Waals surface area contributed by atoms with Crippen molar-refractivity contribution in [2.45, 2.75) is 0 Å². The van der Waals surface area contributed by atoms with E-state index in [1.807, 2.05) is 0 Å². The summed E-state index contributed by atoms with van der Waals surface area (Å²) < 4.78 is 9.99. The van der Waals surface area contributed by atoms with Gasteiger partial charge in [0.05, 0.1) is 14.2 Å². The van der Waals surface area contributed by atoms with Gasteiger partial charge in [-0.15, -0.1) is 0 Å². The average Bonchev–Trinajstić information content (AvgIpc) is 2.16. The van der Waals surface area contributed by atoms with E-state index < -0.39 is 0 Å². The van der Waals surface area contributed by atoms with E-state index >= 15 is 0 Å². The summed E-state index contributed by atoms with van der Waals surface area (Å²) in [6.45, 7) is 0. The standard InChI is InChI=1S/C8H10N2O2/c1-11-6-3-4-8(12-2)7(5-6)10-9/h3-5,9H,1-2H3/p+1. The Bertz CT molecular complexity index is 286. The summed E-state index contributed by atoms with van der Waals surface area (Å²) in [5.74, 6) is 1.35. The summed E-state index contributed by atoms with van der Waals surface area (Å²) >= 11 is 0. The van der Waals surface area contributed by atoms with Gasteiger partial charge in [0, 0.05) is 6.07 Å². The van der Waals surface area contributed by atoms with Crippen molar-refractivity contribution >= 4 is 5.69 Å². The fourth-order valence-electron chi connectivity index (χ4n) is 0.898. The van der Waals surface area contributed by atoms with Crippen LogP contribution in [0.4, 0.5) is 5.69 Å². The second kappa shape index (κ2) is 3.71. The Balaban J connectivity index is 3.10. The predicted octanol–water partition coefficient (Wildman–Crippen LogP) is 0.547. The third-order valence-corrected chi connectivity index (χ3v) is 1.53. The van der Waals surface area contributed by atoms with E-state index in [0.717, 1.165) is 0 Å². The number of nitrogens with two attached hydrogens (primary N) is 1. The maximum Gasteiger partial charge on any atom is 0.175 e. The molecule has 2 N–H and O–H groups in total. The molecule has 0 fully saturated rings. The molecule has 0 aliphatic carbocycles. The SMILES string of the molecule is COc1ccc(OC)c(N=[NH2+])c1. The van der Waals surface area contributed by atoms with E-state index in [-0.39, 0.29) is 0 Å². The lowest BCUT2D eigenvalue weighted by Crippen LogP contribution is -2.22. The maximum absolute atomic E-state index is 5.14. The first-order chi connectivity index (χ1) is 5.81. The molecule has 4 heteroatoms. The molecule has 1 aromatic rings. The van der Waals surface area contributed by atoms with Gasteiger partial charge in [-0.25, -0.2) is 0 Å². The molecule has 1 aromatic carbocycles. The fourth-order valence-corrected chi connectivity index (χ4v) is 0.898. The van der Waals surface area contributed by atoms with E-state index in [1.54, 1.807) is 32.4 Å². The van der Waals surface area contributed by atoms with Crippen molar-refractivity contribution in [1.82, 2.24) is 0 Å². The van der Waals surface area contributed by atoms with Crippen molar-refractivity contribution in [3.8, 4) is 11.5 Å². The van der Waals surface area contributed by atoms with Gasteiger partial charge in [0.25, 0.3) is 0 Å². The lowest BCUT2D eigenvalue weighted by molar-refractivity contribution is -0.210. The van der Waals surface area contributed by atoms with Crippen LogP contribution < -0.4 is 15.0 Å². The molecule has 0 bridgehead atoms. The largest absolute Gasteiger partial charge is 0.497 e. The zero-order chi connectivity index (χ0) is 8.97. The van der Waals surface area contributed by atoms with Gasteiger partial charge in [0.15, 0.2) is 11.4 Å². The highest BCUT2D eigenvalue weighted by Crippen LogP contribution is 2.30. The van der Waals surface area contributed by atoms with Crippen LogP contribution in [0.3, 0.4) is 0 Å². The number of hydrogen-bond donors (Lipinski definition) is 1. The highest BCUT2D eigenvalue weighted by molar-refractivity contribution is 5.54. The molecular weight excluding hydrogens is 156 g/mol. The molecule has 64 valence electrons. The van der Waals surface area contributed by atoms with Crippen LogP contribution >= 0.6 is 0 Å². The molecule has 4 nitrogen and oxygen atoms in total. The highest BCUT2D eigenvalue weighted by Gasteiger charge is 2.04. The molecule has 0 aromatic heterocycles. The smallest absolute Gasteiger partial charge is 0.175 e. The van der Waals surface area contributed by atoms with Gasteiger partial charge in [-0.05, 0) is 17.2 Å². The van der Waals surface area contributed by atoms with Gasteiger partial charge in [-0.2, -0.15) is 5.53 Å². The van der Waals surface area contributed by atoms with Crippen LogP contribution in [0.15, 0.2) is 23.3 Å². The molecule has 0 atom stereocenters. The summed E-state index contributed by atoms with van der Waals surface area (Å²) in [6, 6.07) is 5.25. The predicted molar refractivity (Wildman–Crippen MR) is 43.6 cm³/mol. The van der Waals surface area contributed by atoms with Gasteiger partial charge in [0.2, 0.25) is 0 Å². The van der Waals surface area contributed by atoms with E-state index in [9.17, 15) is 0 Å². The van der Waals surface area contributed by atoms with E-state index in [1.165, 1.54) is 0 Å². The lowest BCUT2D eigenvalue weighted by Gasteiger charge is -2.03. The molecule has 0 spiro atoms. The molecule has 0 saturated carbocycles. The third-order valence-electron chi connectivity index (χ3n) is 1.53. The zero-order valence-corrected chi connectivity index (χ0v) is 7.07. The van der Waals surface area contributed by atoms with Crippen LogP contribution in [0.5, 0.6) is 11.5 Å². The van der Waals surface area contributed by atoms with E-state index in [2.05, 4.69) is 5.11 Å². The van der Waals surface area contributed by atoms with Crippen LogP contribution in [-0.2, 0) is 0 Å². The highest BCUT2D eigenvalue weighted by atomic mass is 16.5. The van der Waals surface area contributed by atoms with Crippen molar-refractivity contribution < 1.29 is 15.0 Å². The first-order valence-electron chi connectivity index (χ1n) is 3.44. The van der Waals surface area contributed by atoms with E-state index in [0.29, 0.717) is 17.2 Å². The number of hydrogen-bond acceptors (Lipinski definition) is 3. The van der Waals surface area contributed by atoms with Crippen LogP contribution in [0.2, 0.25) is 0 Å². The molecule has 1 rings (SSSR count). The minimum absolute atomic E-state index is 0.580. The van der Waals surface area contributed by atoms with Crippen molar-refractivity contribution in [2.75, 3.05) is 14.2 Å². The quantitative estimate of drug-likeness (QED) is 0.668. The molecule has 0 amide bonds. The average molecular weight is 167 g/mol. The Kier molecular flexibility index (Phi) is 2.63. The fraction of sp³-hybridized carbons (Fsp3) is 0.250. The summed E-state index contributed by atoms with van der Waals surface area (Å²) in [5, 5.41) is 3.54. The molecular formula is C8H11N2O2+. The van der Waals surface area contributed by atoms with Crippen LogP contribution in [0.1, 0.15) is 0 Å². The van der Waals surface area contributed by atoms with Gasteiger partial charge < -0.3 is 9.47 Å². The van der Waals surface area contributed by atoms with Crippen LogP contribution in [0.25, 0.3) is 0 Å². The first-order valence-corrected chi connectivity index (χ1v) is 3.44. The maximum atomic E-state index is 5.14. The Morgan fingerprint density at radius 2 is 2.00 bits per heavy atom. The number of methoxy groups -OCH3 is 2. The first kappa shape index (κ1) is 8.52. The lowest BCUT2D eigenvalue weighted by atomic mass is 10.3. The minimum atomic E-state index is 0.580. The Labute approximate surface area is 70.6 Å². The summed E-state index contributed by atoms with van der Waals surface area (Å²) in [4.78, 5) is 0. The van der Waals surface area contributed by atoms with Crippen molar-refractivity contribution in [2.24, 2.45) is 5.11 Å². The Morgan fingerprint density at radius 1 is 1.25 bits per heavy atom. The van der Waals surface area contributed by atoms with Gasteiger partial charge >= 0.3 is 0 Å². The molecule has 0 aliphatic rings. The third kappa shape index (κ3) is 1.53. The zero-order valence-electron chi connectivity index (χ0n) is 7.07. The van der Waals surface area contributed by atoms with E-state index in [4.69, 9.17) is 15.0 Å². The topological polar surface area (TPSA) is 56.4 Å². The molecule has 0 saturated heterocycles. The number of benzene rings is 1. The molecule has 0 heterocycles.